The number of fused-ring (bicyclic) bond motifs is 2. The summed E-state index contributed by atoms with van der Waals surface area (Å²) in [5, 5.41) is 11.2. The van der Waals surface area contributed by atoms with Crippen LogP contribution in [0.1, 0.15) is 22.8 Å². The number of aromatic carboxylic acids is 1. The van der Waals surface area contributed by atoms with E-state index in [9.17, 15) is 9.90 Å². The molecule has 0 fully saturated rings. The van der Waals surface area contributed by atoms with Crippen LogP contribution >= 0.6 is 0 Å². The molecule has 0 amide bonds. The van der Waals surface area contributed by atoms with Gasteiger partial charge in [-0.25, -0.2) is 9.78 Å². The van der Waals surface area contributed by atoms with E-state index in [2.05, 4.69) is 4.98 Å². The van der Waals surface area contributed by atoms with Gasteiger partial charge in [0.2, 0.25) is 0 Å². The van der Waals surface area contributed by atoms with E-state index in [-0.39, 0.29) is 5.56 Å². The Morgan fingerprint density at radius 2 is 2.00 bits per heavy atom. The molecule has 2 aromatic carbocycles. The summed E-state index contributed by atoms with van der Waals surface area (Å²) in [6, 6.07) is 14.7. The van der Waals surface area contributed by atoms with Gasteiger partial charge in [-0.2, -0.15) is 0 Å². The molecule has 5 nitrogen and oxygen atoms in total. The van der Waals surface area contributed by atoms with E-state index in [1.165, 1.54) is 0 Å². The lowest BCUT2D eigenvalue weighted by atomic mass is 10.0. The number of carboxylic acid groups (broad SMARTS) is 1. The summed E-state index contributed by atoms with van der Waals surface area (Å²) < 4.78 is 11.1. The molecule has 26 heavy (non-hydrogen) atoms. The molecular formula is C21H17NO4. The highest BCUT2D eigenvalue weighted by Gasteiger charge is 2.16. The summed E-state index contributed by atoms with van der Waals surface area (Å²) in [7, 11) is 1.60. The van der Waals surface area contributed by atoms with Gasteiger partial charge in [-0.1, -0.05) is 13.0 Å². The fourth-order valence-electron chi connectivity index (χ4n) is 3.06. The van der Waals surface area contributed by atoms with Crippen LogP contribution < -0.4 is 4.74 Å². The van der Waals surface area contributed by atoms with Crippen LogP contribution in [0.5, 0.6) is 5.75 Å². The molecular weight excluding hydrogens is 330 g/mol. The highest BCUT2D eigenvalue weighted by Crippen LogP contribution is 2.31. The molecule has 4 aromatic rings. The molecule has 0 aliphatic rings. The molecule has 2 aromatic heterocycles. The molecule has 0 aliphatic carbocycles. The lowest BCUT2D eigenvalue weighted by Gasteiger charge is -2.07. The van der Waals surface area contributed by atoms with E-state index in [0.29, 0.717) is 33.7 Å². The number of aryl methyl sites for hydroxylation is 1. The van der Waals surface area contributed by atoms with Gasteiger partial charge in [0.1, 0.15) is 17.0 Å². The minimum atomic E-state index is -0.982. The van der Waals surface area contributed by atoms with Crippen LogP contribution in [0.25, 0.3) is 33.3 Å². The molecule has 0 saturated heterocycles. The second kappa shape index (κ2) is 6.19. The molecule has 130 valence electrons. The zero-order valence-corrected chi connectivity index (χ0v) is 14.4. The first kappa shape index (κ1) is 16.1. The van der Waals surface area contributed by atoms with E-state index < -0.39 is 5.97 Å². The monoisotopic (exact) mass is 347 g/mol. The van der Waals surface area contributed by atoms with Crippen LogP contribution in [0.4, 0.5) is 0 Å². The van der Waals surface area contributed by atoms with Gasteiger partial charge in [-0.05, 0) is 48.4 Å². The number of methoxy groups -OCH3 is 1. The van der Waals surface area contributed by atoms with Crippen molar-refractivity contribution in [1.29, 1.82) is 0 Å². The average Bonchev–Trinajstić information content (AvgIpc) is 3.09. The first-order chi connectivity index (χ1) is 12.6. The minimum Gasteiger partial charge on any atom is -0.497 e. The Bertz CT molecular complexity index is 1140. The number of nitrogens with zero attached hydrogens (tertiary/aromatic N) is 1. The summed E-state index contributed by atoms with van der Waals surface area (Å²) in [4.78, 5) is 16.4. The SMILES string of the molecule is CCc1ccc2nc(-c3cc4ccc(OC)cc4o3)cc(C(=O)O)c2c1. The summed E-state index contributed by atoms with van der Waals surface area (Å²) in [5.74, 6) is 0.241. The Morgan fingerprint density at radius 3 is 2.73 bits per heavy atom. The predicted molar refractivity (Wildman–Crippen MR) is 99.8 cm³/mol. The quantitative estimate of drug-likeness (QED) is 0.567. The Morgan fingerprint density at radius 1 is 1.15 bits per heavy atom. The van der Waals surface area contributed by atoms with Crippen molar-refractivity contribution in [3.63, 3.8) is 0 Å². The number of pyridine rings is 1. The van der Waals surface area contributed by atoms with Gasteiger partial charge in [0.15, 0.2) is 5.76 Å². The second-order valence-corrected chi connectivity index (χ2v) is 6.08. The van der Waals surface area contributed by atoms with Crippen LogP contribution in [0.15, 0.2) is 52.9 Å². The number of carbonyl (C=O) groups is 1. The molecule has 0 radical (unpaired) electrons. The largest absolute Gasteiger partial charge is 0.497 e. The number of ether oxygens (including phenoxy) is 1. The lowest BCUT2D eigenvalue weighted by Crippen LogP contribution is -2.00. The van der Waals surface area contributed by atoms with Crippen LogP contribution in [0.2, 0.25) is 0 Å². The van der Waals surface area contributed by atoms with Gasteiger partial charge < -0.3 is 14.3 Å². The third kappa shape index (κ3) is 2.67. The molecule has 0 aliphatic heterocycles. The van der Waals surface area contributed by atoms with Crippen molar-refractivity contribution < 1.29 is 19.1 Å². The van der Waals surface area contributed by atoms with Crippen molar-refractivity contribution in [2.45, 2.75) is 13.3 Å². The van der Waals surface area contributed by atoms with E-state index in [1.807, 2.05) is 43.3 Å². The average molecular weight is 347 g/mol. The van der Waals surface area contributed by atoms with Crippen LogP contribution in [0, 0.1) is 0 Å². The third-order valence-corrected chi connectivity index (χ3v) is 4.49. The highest BCUT2D eigenvalue weighted by atomic mass is 16.5. The number of benzene rings is 2. The Hall–Kier alpha value is -3.34. The first-order valence-electron chi connectivity index (χ1n) is 8.34. The van der Waals surface area contributed by atoms with E-state index >= 15 is 0 Å². The molecule has 2 heterocycles. The number of hydrogen-bond donors (Lipinski definition) is 1. The number of aromatic nitrogens is 1. The smallest absolute Gasteiger partial charge is 0.336 e. The van der Waals surface area contributed by atoms with Crippen molar-refractivity contribution >= 4 is 27.8 Å². The molecule has 0 saturated carbocycles. The predicted octanol–water partition coefficient (Wildman–Crippen LogP) is 4.92. The molecule has 5 heteroatoms. The van der Waals surface area contributed by atoms with Crippen molar-refractivity contribution in [2.24, 2.45) is 0 Å². The standard InChI is InChI=1S/C21H17NO4/c1-3-12-4-7-17-15(8-12)16(21(23)24)11-18(22-17)20-9-13-5-6-14(25-2)10-19(13)26-20/h4-11H,3H2,1-2H3,(H,23,24). The zero-order chi connectivity index (χ0) is 18.3. The van der Waals surface area contributed by atoms with Gasteiger partial charge in [0, 0.05) is 16.8 Å². The summed E-state index contributed by atoms with van der Waals surface area (Å²) in [6.45, 7) is 2.03. The van der Waals surface area contributed by atoms with Crippen molar-refractivity contribution in [2.75, 3.05) is 7.11 Å². The van der Waals surface area contributed by atoms with Crippen LogP contribution in [-0.4, -0.2) is 23.2 Å². The molecule has 4 rings (SSSR count). The molecule has 0 unspecified atom stereocenters. The molecule has 0 atom stereocenters. The van der Waals surface area contributed by atoms with Crippen molar-refractivity contribution in [1.82, 2.24) is 4.98 Å². The third-order valence-electron chi connectivity index (χ3n) is 4.49. The number of rotatable bonds is 4. The maximum Gasteiger partial charge on any atom is 0.336 e. The van der Waals surface area contributed by atoms with E-state index in [4.69, 9.17) is 9.15 Å². The van der Waals surface area contributed by atoms with Crippen molar-refractivity contribution in [3.05, 3.63) is 59.7 Å². The maximum atomic E-state index is 11.8. The zero-order valence-electron chi connectivity index (χ0n) is 14.4. The van der Waals surface area contributed by atoms with Crippen LogP contribution in [-0.2, 0) is 6.42 Å². The topological polar surface area (TPSA) is 72.6 Å². The normalized spacial score (nSPS) is 11.2. The van der Waals surface area contributed by atoms with Crippen LogP contribution in [0.3, 0.4) is 0 Å². The maximum absolute atomic E-state index is 11.8. The highest BCUT2D eigenvalue weighted by molar-refractivity contribution is 6.04. The second-order valence-electron chi connectivity index (χ2n) is 6.08. The summed E-state index contributed by atoms with van der Waals surface area (Å²) in [5.41, 5.74) is 3.09. The van der Waals surface area contributed by atoms with Gasteiger partial charge in [-0.15, -0.1) is 0 Å². The number of carboxylic acids is 1. The fraction of sp³-hybridized carbons (Fsp3) is 0.143. The number of furan rings is 1. The fourth-order valence-corrected chi connectivity index (χ4v) is 3.06. The Kier molecular flexibility index (Phi) is 3.84. The molecule has 1 N–H and O–H groups in total. The molecule has 0 spiro atoms. The summed E-state index contributed by atoms with van der Waals surface area (Å²) in [6.07, 6.45) is 0.835. The molecule has 0 bridgehead atoms. The number of hydrogen-bond acceptors (Lipinski definition) is 4. The minimum absolute atomic E-state index is 0.221. The van der Waals surface area contributed by atoms with E-state index in [0.717, 1.165) is 17.4 Å². The first-order valence-corrected chi connectivity index (χ1v) is 8.34. The Balaban J connectivity index is 1.92. The van der Waals surface area contributed by atoms with Gasteiger partial charge >= 0.3 is 5.97 Å². The van der Waals surface area contributed by atoms with Gasteiger partial charge in [-0.3, -0.25) is 0 Å². The van der Waals surface area contributed by atoms with Gasteiger partial charge in [0.25, 0.3) is 0 Å². The summed E-state index contributed by atoms with van der Waals surface area (Å²) >= 11 is 0. The Labute approximate surface area is 149 Å². The van der Waals surface area contributed by atoms with Crippen molar-refractivity contribution in [3.8, 4) is 17.2 Å². The van der Waals surface area contributed by atoms with E-state index in [1.54, 1.807) is 19.2 Å². The van der Waals surface area contributed by atoms with Gasteiger partial charge in [0.05, 0.1) is 18.2 Å². The lowest BCUT2D eigenvalue weighted by molar-refractivity contribution is 0.0699.